The highest BCUT2D eigenvalue weighted by Gasteiger charge is 2.51. The molecule has 6 N–H and O–H groups in total. The minimum absolute atomic E-state index is 0.00257. The van der Waals surface area contributed by atoms with E-state index in [1.807, 2.05) is 18.2 Å². The van der Waals surface area contributed by atoms with Crippen molar-refractivity contribution in [1.29, 1.82) is 0 Å². The highest BCUT2D eigenvalue weighted by atomic mass is 16.7. The van der Waals surface area contributed by atoms with E-state index in [0.29, 0.717) is 41.8 Å². The molecule has 16 heteroatoms. The van der Waals surface area contributed by atoms with Crippen LogP contribution in [0.2, 0.25) is 0 Å². The van der Waals surface area contributed by atoms with E-state index in [9.17, 15) is 30.6 Å². The highest BCUT2D eigenvalue weighted by molar-refractivity contribution is 5.53. The molecule has 14 atom stereocenters. The molecule has 6 heterocycles. The van der Waals surface area contributed by atoms with Gasteiger partial charge in [-0.3, -0.25) is 0 Å². The van der Waals surface area contributed by atoms with Gasteiger partial charge in [-0.2, -0.15) is 0 Å². The third-order valence-electron chi connectivity index (χ3n) is 9.95. The predicted molar refractivity (Wildman–Crippen MR) is 155 cm³/mol. The van der Waals surface area contributed by atoms with Crippen LogP contribution in [0.1, 0.15) is 30.3 Å². The first-order valence-electron chi connectivity index (χ1n) is 15.9. The third kappa shape index (κ3) is 5.54. The standard InChI is InChI=1S/C32H38O16/c1-12-23(33)25(35)27(37)31(46-12)41-9-22-24(34)26(36)28(38)32(48-22)47-18-6-21-20(44-11-45-21)5-14(18)30-16-8-39-29(15(16)7-40-30)13-2-3-17-19(4-13)43-10-42-17/h2-6,12,15-16,22-38H,7-11H2,1H3/t12-,15-,16-,22+,23-,24+,25+,26-,27+,28+,29+,30+,31+,32+/m0/s1. The number of hydrogen-bond donors (Lipinski definition) is 6. The van der Waals surface area contributed by atoms with E-state index in [4.69, 9.17) is 47.4 Å². The Morgan fingerprint density at radius 3 is 2.04 bits per heavy atom. The fraction of sp³-hybridized carbons (Fsp3) is 0.625. The SMILES string of the molecule is C[C@@H]1O[C@@H](OC[C@H]2O[C@@H](Oc3cc4c(cc3[C@H]3OC[C@H]5[C@@H]3CO[C@@H]5c3ccc5c(c3)OCO5)OCO4)[C@H](O)[C@@H](O)[C@@H]2O)[C@H](O)[C@H](O)[C@H]1O. The van der Waals surface area contributed by atoms with Crippen LogP contribution in [0.4, 0.5) is 0 Å². The molecule has 48 heavy (non-hydrogen) atoms. The lowest BCUT2D eigenvalue weighted by molar-refractivity contribution is -0.318. The molecule has 2 aromatic carbocycles. The Morgan fingerprint density at radius 1 is 0.646 bits per heavy atom. The Balaban J connectivity index is 1.01. The molecule has 4 saturated heterocycles. The van der Waals surface area contributed by atoms with E-state index in [0.717, 1.165) is 5.56 Å². The Kier molecular flexibility index (Phi) is 8.53. The number of fused-ring (bicyclic) bond motifs is 3. The number of benzene rings is 2. The van der Waals surface area contributed by atoms with Crippen molar-refractivity contribution in [2.75, 3.05) is 33.4 Å². The Labute approximate surface area is 274 Å². The molecule has 0 bridgehead atoms. The van der Waals surface area contributed by atoms with Gasteiger partial charge in [0.25, 0.3) is 0 Å². The minimum atomic E-state index is -1.70. The molecule has 6 aliphatic rings. The second kappa shape index (κ2) is 12.7. The first-order chi connectivity index (χ1) is 23.2. The van der Waals surface area contributed by atoms with Gasteiger partial charge < -0.3 is 78.0 Å². The van der Waals surface area contributed by atoms with Crippen LogP contribution in [0.25, 0.3) is 0 Å². The van der Waals surface area contributed by atoms with Gasteiger partial charge in [-0.25, -0.2) is 0 Å². The highest BCUT2D eigenvalue weighted by Crippen LogP contribution is 2.54. The molecular formula is C32H38O16. The van der Waals surface area contributed by atoms with Gasteiger partial charge in [0.05, 0.1) is 38.1 Å². The second-order valence-corrected chi connectivity index (χ2v) is 12.8. The zero-order valence-electron chi connectivity index (χ0n) is 25.8. The molecule has 0 unspecified atom stereocenters. The number of hydrogen-bond acceptors (Lipinski definition) is 16. The molecule has 0 spiro atoms. The molecule has 2 aromatic rings. The summed E-state index contributed by atoms with van der Waals surface area (Å²) in [5.74, 6) is 2.39. The van der Waals surface area contributed by atoms with Crippen molar-refractivity contribution in [3.63, 3.8) is 0 Å². The quantitative estimate of drug-likeness (QED) is 0.213. The lowest BCUT2D eigenvalue weighted by atomic mass is 9.84. The van der Waals surface area contributed by atoms with Crippen LogP contribution in [-0.4, -0.2) is 125 Å². The maximum atomic E-state index is 10.9. The smallest absolute Gasteiger partial charge is 0.231 e. The van der Waals surface area contributed by atoms with Gasteiger partial charge in [-0.1, -0.05) is 6.07 Å². The summed E-state index contributed by atoms with van der Waals surface area (Å²) in [5, 5.41) is 62.8. The molecular weight excluding hydrogens is 640 g/mol. The van der Waals surface area contributed by atoms with Crippen molar-refractivity contribution in [3.05, 3.63) is 41.5 Å². The van der Waals surface area contributed by atoms with Crippen molar-refractivity contribution in [2.24, 2.45) is 11.8 Å². The largest absolute Gasteiger partial charge is 0.461 e. The van der Waals surface area contributed by atoms with Gasteiger partial charge >= 0.3 is 0 Å². The van der Waals surface area contributed by atoms with Crippen LogP contribution in [0.3, 0.4) is 0 Å². The van der Waals surface area contributed by atoms with Crippen molar-refractivity contribution >= 4 is 0 Å². The molecule has 0 radical (unpaired) electrons. The Hall–Kier alpha value is -3.00. The second-order valence-electron chi connectivity index (χ2n) is 12.8. The lowest BCUT2D eigenvalue weighted by Crippen LogP contribution is -2.61. The number of aliphatic hydroxyl groups is 6. The Bertz CT molecular complexity index is 1490. The van der Waals surface area contributed by atoms with Crippen molar-refractivity contribution < 1.29 is 78.0 Å². The average Bonchev–Trinajstić information content (AvgIpc) is 3.90. The fourth-order valence-corrected chi connectivity index (χ4v) is 7.18. The maximum Gasteiger partial charge on any atom is 0.231 e. The molecule has 6 aliphatic heterocycles. The third-order valence-corrected chi connectivity index (χ3v) is 9.95. The minimum Gasteiger partial charge on any atom is -0.461 e. The summed E-state index contributed by atoms with van der Waals surface area (Å²) in [6.07, 6.45) is -15.1. The van der Waals surface area contributed by atoms with Crippen LogP contribution in [0.15, 0.2) is 30.3 Å². The summed E-state index contributed by atoms with van der Waals surface area (Å²) >= 11 is 0. The van der Waals surface area contributed by atoms with E-state index >= 15 is 0 Å². The zero-order chi connectivity index (χ0) is 33.3. The van der Waals surface area contributed by atoms with Gasteiger partial charge in [0.15, 0.2) is 29.3 Å². The van der Waals surface area contributed by atoms with Crippen LogP contribution < -0.4 is 23.7 Å². The van der Waals surface area contributed by atoms with Crippen LogP contribution >= 0.6 is 0 Å². The van der Waals surface area contributed by atoms with Crippen molar-refractivity contribution in [1.82, 2.24) is 0 Å². The predicted octanol–water partition coefficient (Wildman–Crippen LogP) is -0.750. The van der Waals surface area contributed by atoms with E-state index in [2.05, 4.69) is 0 Å². The number of ether oxygens (including phenoxy) is 10. The van der Waals surface area contributed by atoms with Crippen molar-refractivity contribution in [3.8, 4) is 28.7 Å². The monoisotopic (exact) mass is 678 g/mol. The lowest BCUT2D eigenvalue weighted by Gasteiger charge is -2.42. The van der Waals surface area contributed by atoms with Gasteiger partial charge in [0.1, 0.15) is 48.5 Å². The van der Waals surface area contributed by atoms with Gasteiger partial charge in [-0.05, 0) is 30.7 Å². The normalized spacial score (nSPS) is 41.4. The van der Waals surface area contributed by atoms with Crippen LogP contribution in [-0.2, 0) is 23.7 Å². The van der Waals surface area contributed by atoms with E-state index in [1.165, 1.54) is 6.92 Å². The summed E-state index contributed by atoms with van der Waals surface area (Å²) in [6, 6.07) is 9.09. The summed E-state index contributed by atoms with van der Waals surface area (Å²) in [5.41, 5.74) is 1.54. The first kappa shape index (κ1) is 32.2. The number of aliphatic hydroxyl groups excluding tert-OH is 6. The summed E-state index contributed by atoms with van der Waals surface area (Å²) in [4.78, 5) is 0. The van der Waals surface area contributed by atoms with Crippen LogP contribution in [0.5, 0.6) is 28.7 Å². The first-order valence-corrected chi connectivity index (χ1v) is 15.9. The molecule has 0 amide bonds. The Morgan fingerprint density at radius 2 is 1.27 bits per heavy atom. The van der Waals surface area contributed by atoms with Gasteiger partial charge in [0.2, 0.25) is 19.9 Å². The maximum absolute atomic E-state index is 10.9. The fourth-order valence-electron chi connectivity index (χ4n) is 7.18. The van der Waals surface area contributed by atoms with Crippen molar-refractivity contribution in [2.45, 2.75) is 80.5 Å². The van der Waals surface area contributed by atoms with Crippen LogP contribution in [0, 0.1) is 11.8 Å². The van der Waals surface area contributed by atoms with E-state index in [-0.39, 0.29) is 37.3 Å². The van der Waals surface area contributed by atoms with E-state index in [1.54, 1.807) is 12.1 Å². The average molecular weight is 679 g/mol. The summed E-state index contributed by atoms with van der Waals surface area (Å²) in [7, 11) is 0. The van der Waals surface area contributed by atoms with Gasteiger partial charge in [-0.15, -0.1) is 0 Å². The van der Waals surface area contributed by atoms with E-state index < -0.39 is 74.1 Å². The zero-order valence-corrected chi connectivity index (χ0v) is 25.8. The van der Waals surface area contributed by atoms with Gasteiger partial charge in [0, 0.05) is 23.5 Å². The number of rotatable bonds is 7. The molecule has 262 valence electrons. The topological polar surface area (TPSA) is 214 Å². The summed E-state index contributed by atoms with van der Waals surface area (Å²) in [6.45, 7) is 2.04. The molecule has 4 fully saturated rings. The molecule has 0 saturated carbocycles. The molecule has 16 nitrogen and oxygen atoms in total. The molecule has 0 aromatic heterocycles. The molecule has 8 rings (SSSR count). The summed E-state index contributed by atoms with van der Waals surface area (Å²) < 4.78 is 58.1. The molecule has 0 aliphatic carbocycles.